The summed E-state index contributed by atoms with van der Waals surface area (Å²) in [5.41, 5.74) is 2.38. The molecule has 1 heterocycles. The summed E-state index contributed by atoms with van der Waals surface area (Å²) >= 11 is 0. The van der Waals surface area contributed by atoms with Crippen LogP contribution in [0.1, 0.15) is 22.8 Å². The van der Waals surface area contributed by atoms with E-state index in [1.807, 2.05) is 16.8 Å². The van der Waals surface area contributed by atoms with Crippen molar-refractivity contribution in [2.45, 2.75) is 13.8 Å². The molecule has 0 spiro atoms. The molecule has 3 aromatic rings. The Morgan fingerprint density at radius 3 is 2.73 bits per heavy atom. The van der Waals surface area contributed by atoms with Crippen molar-refractivity contribution in [2.24, 2.45) is 0 Å². The number of nitrogens with zero attached hydrogens (tertiary/aromatic N) is 1. The summed E-state index contributed by atoms with van der Waals surface area (Å²) in [6.07, 6.45) is 1.85. The monoisotopic (exact) mass is 357 g/mol. The Bertz CT molecular complexity index is 948. The number of benzene rings is 2. The average molecular weight is 357 g/mol. The Labute approximate surface area is 150 Å². The van der Waals surface area contributed by atoms with E-state index in [0.29, 0.717) is 16.9 Å². The number of methoxy groups -OCH3 is 1. The zero-order valence-electron chi connectivity index (χ0n) is 14.9. The predicted octanol–water partition coefficient (Wildman–Crippen LogP) is 4.24. The predicted molar refractivity (Wildman–Crippen MR) is 96.4 cm³/mol. The van der Waals surface area contributed by atoms with Gasteiger partial charge in [-0.15, -0.1) is 0 Å². The number of halogens is 1. The van der Waals surface area contributed by atoms with Crippen LogP contribution in [0.25, 0.3) is 16.6 Å². The summed E-state index contributed by atoms with van der Waals surface area (Å²) in [6.45, 7) is 3.74. The Morgan fingerprint density at radius 1 is 1.19 bits per heavy atom. The normalized spacial score (nSPS) is 10.9. The Balaban J connectivity index is 2.08. The molecule has 0 radical (unpaired) electrons. The number of aryl methyl sites for hydroxylation is 1. The van der Waals surface area contributed by atoms with Crippen molar-refractivity contribution >= 4 is 16.9 Å². The van der Waals surface area contributed by atoms with Crippen LogP contribution in [0.3, 0.4) is 0 Å². The van der Waals surface area contributed by atoms with E-state index in [1.165, 1.54) is 13.2 Å². The molecule has 0 aliphatic rings. The molecule has 0 fully saturated rings. The quantitative estimate of drug-likeness (QED) is 0.489. The molecule has 1 aromatic heterocycles. The number of fused-ring (bicyclic) bond motifs is 1. The summed E-state index contributed by atoms with van der Waals surface area (Å²) in [4.78, 5) is 12.1. The third-order valence-corrected chi connectivity index (χ3v) is 4.04. The number of hydrogen-bond donors (Lipinski definition) is 0. The number of carbonyl (C=O) groups is 1. The molecule has 0 aliphatic heterocycles. The number of carbonyl (C=O) groups excluding carboxylic acids is 1. The highest BCUT2D eigenvalue weighted by molar-refractivity contribution is 5.93. The number of ether oxygens (including phenoxy) is 3. The molecule has 0 amide bonds. The van der Waals surface area contributed by atoms with E-state index in [0.717, 1.165) is 16.6 Å². The van der Waals surface area contributed by atoms with Gasteiger partial charge >= 0.3 is 5.97 Å². The van der Waals surface area contributed by atoms with Crippen molar-refractivity contribution < 1.29 is 23.4 Å². The second-order valence-corrected chi connectivity index (χ2v) is 5.80. The van der Waals surface area contributed by atoms with Crippen molar-refractivity contribution in [3.63, 3.8) is 0 Å². The molecule has 3 rings (SSSR count). The molecular weight excluding hydrogens is 337 g/mol. The van der Waals surface area contributed by atoms with Crippen molar-refractivity contribution in [1.29, 1.82) is 0 Å². The molecule has 5 nitrogen and oxygen atoms in total. The number of aromatic nitrogens is 1. The van der Waals surface area contributed by atoms with Crippen LogP contribution < -0.4 is 4.74 Å². The van der Waals surface area contributed by atoms with E-state index in [-0.39, 0.29) is 19.2 Å². The smallest absolute Gasteiger partial charge is 0.341 e. The SMILES string of the molecule is CCOC(=O)c1ccc(-n2ccc3cc(C)c(F)cc32)cc1OCOC. The lowest BCUT2D eigenvalue weighted by molar-refractivity contribution is 0.0438. The van der Waals surface area contributed by atoms with E-state index in [4.69, 9.17) is 14.2 Å². The number of rotatable bonds is 6. The molecule has 136 valence electrons. The summed E-state index contributed by atoms with van der Waals surface area (Å²) in [5.74, 6) is -0.391. The Kier molecular flexibility index (Phi) is 5.23. The van der Waals surface area contributed by atoms with E-state index >= 15 is 0 Å². The van der Waals surface area contributed by atoms with Gasteiger partial charge in [-0.2, -0.15) is 0 Å². The summed E-state index contributed by atoms with van der Waals surface area (Å²) in [5, 5.41) is 0.928. The highest BCUT2D eigenvalue weighted by Gasteiger charge is 2.16. The number of esters is 1. The molecule has 2 aromatic carbocycles. The minimum atomic E-state index is -0.468. The van der Waals surface area contributed by atoms with Gasteiger partial charge in [-0.1, -0.05) is 0 Å². The van der Waals surface area contributed by atoms with E-state index in [1.54, 1.807) is 38.1 Å². The van der Waals surface area contributed by atoms with Crippen LogP contribution in [0.2, 0.25) is 0 Å². The fourth-order valence-electron chi connectivity index (χ4n) is 2.78. The molecule has 0 bridgehead atoms. The average Bonchev–Trinajstić information content (AvgIpc) is 3.03. The van der Waals surface area contributed by atoms with Gasteiger partial charge in [0.15, 0.2) is 6.79 Å². The second-order valence-electron chi connectivity index (χ2n) is 5.80. The Hall–Kier alpha value is -2.86. The minimum absolute atomic E-state index is 0.00386. The molecule has 6 heteroatoms. The van der Waals surface area contributed by atoms with Gasteiger partial charge in [0.2, 0.25) is 0 Å². The van der Waals surface area contributed by atoms with Gasteiger partial charge in [-0.3, -0.25) is 0 Å². The van der Waals surface area contributed by atoms with Crippen molar-refractivity contribution in [2.75, 3.05) is 20.5 Å². The van der Waals surface area contributed by atoms with Crippen LogP contribution in [0, 0.1) is 12.7 Å². The first-order chi connectivity index (χ1) is 12.5. The lowest BCUT2D eigenvalue weighted by Gasteiger charge is -2.13. The van der Waals surface area contributed by atoms with Crippen molar-refractivity contribution in [3.05, 3.63) is 59.5 Å². The van der Waals surface area contributed by atoms with Gasteiger partial charge in [-0.05, 0) is 49.7 Å². The van der Waals surface area contributed by atoms with Crippen LogP contribution in [-0.4, -0.2) is 31.0 Å². The lowest BCUT2D eigenvalue weighted by atomic mass is 10.1. The highest BCUT2D eigenvalue weighted by Crippen LogP contribution is 2.28. The van der Waals surface area contributed by atoms with Crippen molar-refractivity contribution in [3.8, 4) is 11.4 Å². The third-order valence-electron chi connectivity index (χ3n) is 4.04. The minimum Gasteiger partial charge on any atom is -0.467 e. The first-order valence-electron chi connectivity index (χ1n) is 8.25. The van der Waals surface area contributed by atoms with Gasteiger partial charge in [0, 0.05) is 30.4 Å². The maximum atomic E-state index is 14.0. The van der Waals surface area contributed by atoms with Gasteiger partial charge in [0.05, 0.1) is 12.1 Å². The van der Waals surface area contributed by atoms with Gasteiger partial charge in [0.25, 0.3) is 0 Å². The first kappa shape index (κ1) is 17.9. The summed E-state index contributed by atoms with van der Waals surface area (Å²) < 4.78 is 31.4. The first-order valence-corrected chi connectivity index (χ1v) is 8.25. The van der Waals surface area contributed by atoms with Gasteiger partial charge in [-0.25, -0.2) is 9.18 Å². The fraction of sp³-hybridized carbons (Fsp3) is 0.250. The molecule has 0 N–H and O–H groups in total. The maximum Gasteiger partial charge on any atom is 0.341 e. The molecule has 0 aliphatic carbocycles. The lowest BCUT2D eigenvalue weighted by Crippen LogP contribution is -2.10. The topological polar surface area (TPSA) is 49.7 Å². The zero-order chi connectivity index (χ0) is 18.7. The van der Waals surface area contributed by atoms with Gasteiger partial charge in [0.1, 0.15) is 17.1 Å². The zero-order valence-corrected chi connectivity index (χ0v) is 14.9. The second kappa shape index (κ2) is 7.58. The molecule has 0 saturated carbocycles. The molecule has 26 heavy (non-hydrogen) atoms. The van der Waals surface area contributed by atoms with Crippen LogP contribution in [0.4, 0.5) is 4.39 Å². The van der Waals surface area contributed by atoms with Crippen molar-refractivity contribution in [1.82, 2.24) is 4.57 Å². The van der Waals surface area contributed by atoms with E-state index in [9.17, 15) is 9.18 Å². The summed E-state index contributed by atoms with van der Waals surface area (Å²) in [6, 6.07) is 10.3. The summed E-state index contributed by atoms with van der Waals surface area (Å²) in [7, 11) is 1.50. The largest absolute Gasteiger partial charge is 0.467 e. The number of hydrogen-bond acceptors (Lipinski definition) is 4. The molecule has 0 atom stereocenters. The van der Waals surface area contributed by atoms with E-state index in [2.05, 4.69) is 0 Å². The third kappa shape index (κ3) is 3.41. The van der Waals surface area contributed by atoms with Crippen LogP contribution in [0.5, 0.6) is 5.75 Å². The van der Waals surface area contributed by atoms with E-state index < -0.39 is 5.97 Å². The standard InChI is InChI=1S/C20H20FNO4/c1-4-25-20(23)16-6-5-15(10-19(16)26-12-24-3)22-8-7-14-9-13(2)17(21)11-18(14)22/h5-11H,4,12H2,1-3H3. The molecular formula is C20H20FNO4. The molecule has 0 unspecified atom stereocenters. The maximum absolute atomic E-state index is 14.0. The molecule has 0 saturated heterocycles. The highest BCUT2D eigenvalue weighted by atomic mass is 19.1. The van der Waals surface area contributed by atoms with Gasteiger partial charge < -0.3 is 18.8 Å². The van der Waals surface area contributed by atoms with Crippen LogP contribution in [-0.2, 0) is 9.47 Å². The Morgan fingerprint density at radius 2 is 2.00 bits per heavy atom. The van der Waals surface area contributed by atoms with Crippen LogP contribution in [0.15, 0.2) is 42.6 Å². The fourth-order valence-corrected chi connectivity index (χ4v) is 2.78. The van der Waals surface area contributed by atoms with Crippen LogP contribution >= 0.6 is 0 Å².